The minimum atomic E-state index is -0.325. The highest BCUT2D eigenvalue weighted by atomic mass is 19.1. The molecule has 20 heavy (non-hydrogen) atoms. The largest absolute Gasteiger partial charge is 0.456 e. The summed E-state index contributed by atoms with van der Waals surface area (Å²) in [4.78, 5) is 9.76. The van der Waals surface area contributed by atoms with Crippen LogP contribution in [0.3, 0.4) is 0 Å². The third-order valence-corrected chi connectivity index (χ3v) is 3.95. The van der Waals surface area contributed by atoms with Crippen LogP contribution in [-0.4, -0.2) is 28.5 Å². The molecule has 1 atom stereocenters. The smallest absolute Gasteiger partial charge is 0.169 e. The van der Waals surface area contributed by atoms with E-state index in [9.17, 15) is 4.39 Å². The van der Waals surface area contributed by atoms with Gasteiger partial charge in [0.05, 0.1) is 12.0 Å². The van der Waals surface area contributed by atoms with Gasteiger partial charge in [-0.1, -0.05) is 12.1 Å². The molecule has 4 nitrogen and oxygen atoms in total. The van der Waals surface area contributed by atoms with E-state index < -0.39 is 0 Å². The molecule has 0 radical (unpaired) electrons. The summed E-state index contributed by atoms with van der Waals surface area (Å²) in [6.45, 7) is 0.916. The topological polar surface area (TPSA) is 45.1 Å². The number of likely N-dealkylation sites (N-methyl/N-ethyl adjacent to an activating group) is 1. The average Bonchev–Trinajstić information content (AvgIpc) is 3.05. The standard InChI is InChI=1S/C15H14FN3O/c1-19-6-5-11-13(18-8-17-11)14(19)12-7-9-3-2-4-10(16)15(9)20-12/h2-4,7-8,14H,5-6H2,1H3,(H,17,18). The van der Waals surface area contributed by atoms with Crippen molar-refractivity contribution in [2.24, 2.45) is 0 Å². The van der Waals surface area contributed by atoms with E-state index in [2.05, 4.69) is 14.9 Å². The van der Waals surface area contributed by atoms with Crippen LogP contribution in [0.15, 0.2) is 35.0 Å². The zero-order chi connectivity index (χ0) is 13.7. The number of rotatable bonds is 1. The summed E-state index contributed by atoms with van der Waals surface area (Å²) in [5, 5.41) is 0.788. The molecule has 102 valence electrons. The second-order valence-corrected chi connectivity index (χ2v) is 5.21. The van der Waals surface area contributed by atoms with E-state index in [-0.39, 0.29) is 11.9 Å². The molecule has 0 spiro atoms. The summed E-state index contributed by atoms with van der Waals surface area (Å²) < 4.78 is 19.5. The highest BCUT2D eigenvalue weighted by Gasteiger charge is 2.31. The number of furan rings is 1. The van der Waals surface area contributed by atoms with E-state index in [4.69, 9.17) is 4.42 Å². The second kappa shape index (κ2) is 4.18. The summed E-state index contributed by atoms with van der Waals surface area (Å²) in [7, 11) is 2.03. The van der Waals surface area contributed by atoms with Crippen LogP contribution in [0.2, 0.25) is 0 Å². The molecular weight excluding hydrogens is 257 g/mol. The molecule has 3 heterocycles. The first kappa shape index (κ1) is 11.7. The molecule has 4 rings (SSSR count). The van der Waals surface area contributed by atoms with Gasteiger partial charge >= 0.3 is 0 Å². The van der Waals surface area contributed by atoms with Crippen LogP contribution in [0, 0.1) is 5.82 Å². The summed E-state index contributed by atoms with van der Waals surface area (Å²) in [5.74, 6) is 0.412. The molecule has 5 heteroatoms. The van der Waals surface area contributed by atoms with Gasteiger partial charge in [-0.2, -0.15) is 0 Å². The number of hydrogen-bond acceptors (Lipinski definition) is 3. The normalized spacial score (nSPS) is 19.4. The van der Waals surface area contributed by atoms with Gasteiger partial charge < -0.3 is 9.40 Å². The van der Waals surface area contributed by atoms with Crippen molar-refractivity contribution in [3.05, 3.63) is 53.6 Å². The van der Waals surface area contributed by atoms with E-state index in [0.717, 1.165) is 35.5 Å². The van der Waals surface area contributed by atoms with Gasteiger partial charge in [0.25, 0.3) is 0 Å². The molecule has 0 bridgehead atoms. The van der Waals surface area contributed by atoms with E-state index in [0.29, 0.717) is 5.58 Å². The number of imidazole rings is 1. The average molecular weight is 271 g/mol. The molecule has 3 aromatic rings. The molecule has 0 fully saturated rings. The fraction of sp³-hybridized carbons (Fsp3) is 0.267. The fourth-order valence-corrected chi connectivity index (χ4v) is 2.93. The third kappa shape index (κ3) is 1.59. The second-order valence-electron chi connectivity index (χ2n) is 5.21. The molecule has 1 N–H and O–H groups in total. The maximum Gasteiger partial charge on any atom is 0.169 e. The quantitative estimate of drug-likeness (QED) is 0.740. The summed E-state index contributed by atoms with van der Waals surface area (Å²) in [6.07, 6.45) is 2.65. The Balaban J connectivity index is 1.89. The van der Waals surface area contributed by atoms with Crippen LogP contribution in [-0.2, 0) is 6.42 Å². The minimum absolute atomic E-state index is 0.0585. The lowest BCUT2D eigenvalue weighted by atomic mass is 10.0. The SMILES string of the molecule is CN1CCc2[nH]cnc2C1c1cc2cccc(F)c2o1. The number of para-hydroxylation sites is 1. The van der Waals surface area contributed by atoms with E-state index in [1.54, 1.807) is 12.4 Å². The molecule has 0 saturated heterocycles. The zero-order valence-corrected chi connectivity index (χ0v) is 11.1. The van der Waals surface area contributed by atoms with Gasteiger partial charge in [0.2, 0.25) is 0 Å². The Labute approximate surface area is 115 Å². The lowest BCUT2D eigenvalue weighted by Crippen LogP contribution is -2.32. The Kier molecular flexibility index (Phi) is 2.44. The van der Waals surface area contributed by atoms with E-state index >= 15 is 0 Å². The van der Waals surface area contributed by atoms with Crippen molar-refractivity contribution in [3.8, 4) is 0 Å². The Bertz CT molecular complexity index is 776. The number of aromatic amines is 1. The van der Waals surface area contributed by atoms with Gasteiger partial charge in [-0.25, -0.2) is 9.37 Å². The van der Waals surface area contributed by atoms with Gasteiger partial charge in [-0.15, -0.1) is 0 Å². The number of halogens is 1. The first-order valence-electron chi connectivity index (χ1n) is 6.64. The number of nitrogens with one attached hydrogen (secondary N) is 1. The molecule has 1 aliphatic heterocycles. The highest BCUT2D eigenvalue weighted by Crippen LogP contribution is 2.35. The van der Waals surface area contributed by atoms with Gasteiger partial charge in [0, 0.05) is 24.0 Å². The summed E-state index contributed by atoms with van der Waals surface area (Å²) in [6, 6.07) is 6.82. The van der Waals surface area contributed by atoms with Crippen molar-refractivity contribution >= 4 is 11.0 Å². The molecule has 0 saturated carbocycles. The Hall–Kier alpha value is -2.14. The molecule has 1 aliphatic rings. The number of H-pyrrole nitrogens is 1. The van der Waals surface area contributed by atoms with Crippen molar-refractivity contribution in [2.75, 3.05) is 13.6 Å². The lowest BCUT2D eigenvalue weighted by Gasteiger charge is -2.29. The lowest BCUT2D eigenvalue weighted by molar-refractivity contribution is 0.233. The van der Waals surface area contributed by atoms with Crippen molar-refractivity contribution in [1.82, 2.24) is 14.9 Å². The molecule has 1 aromatic carbocycles. The molecule has 1 unspecified atom stereocenters. The van der Waals surface area contributed by atoms with Crippen LogP contribution in [0.25, 0.3) is 11.0 Å². The predicted octanol–water partition coefficient (Wildman–Crippen LogP) is 2.87. The fourth-order valence-electron chi connectivity index (χ4n) is 2.93. The predicted molar refractivity (Wildman–Crippen MR) is 72.9 cm³/mol. The summed E-state index contributed by atoms with van der Waals surface area (Å²) >= 11 is 0. The highest BCUT2D eigenvalue weighted by molar-refractivity contribution is 5.78. The Morgan fingerprint density at radius 3 is 3.20 bits per heavy atom. The summed E-state index contributed by atoms with van der Waals surface area (Å²) in [5.41, 5.74) is 2.42. The molecule has 0 amide bonds. The Morgan fingerprint density at radius 2 is 2.35 bits per heavy atom. The number of benzene rings is 1. The van der Waals surface area contributed by atoms with Crippen molar-refractivity contribution < 1.29 is 8.81 Å². The van der Waals surface area contributed by atoms with Crippen molar-refractivity contribution in [2.45, 2.75) is 12.5 Å². The van der Waals surface area contributed by atoms with Crippen molar-refractivity contribution in [1.29, 1.82) is 0 Å². The van der Waals surface area contributed by atoms with Crippen LogP contribution < -0.4 is 0 Å². The molecular formula is C15H14FN3O. The van der Waals surface area contributed by atoms with Gasteiger partial charge in [0.15, 0.2) is 11.4 Å². The number of hydrogen-bond donors (Lipinski definition) is 1. The van der Waals surface area contributed by atoms with Gasteiger partial charge in [0.1, 0.15) is 11.8 Å². The molecule has 0 aliphatic carbocycles. The van der Waals surface area contributed by atoms with Crippen LogP contribution >= 0.6 is 0 Å². The van der Waals surface area contributed by atoms with Gasteiger partial charge in [-0.3, -0.25) is 4.90 Å². The molecule has 2 aromatic heterocycles. The number of fused-ring (bicyclic) bond motifs is 2. The minimum Gasteiger partial charge on any atom is -0.456 e. The van der Waals surface area contributed by atoms with Crippen LogP contribution in [0.5, 0.6) is 0 Å². The maximum atomic E-state index is 13.8. The maximum absolute atomic E-state index is 13.8. The first-order valence-corrected chi connectivity index (χ1v) is 6.64. The monoisotopic (exact) mass is 271 g/mol. The van der Waals surface area contributed by atoms with Crippen LogP contribution in [0.4, 0.5) is 4.39 Å². The first-order chi connectivity index (χ1) is 9.74. The Morgan fingerprint density at radius 1 is 1.45 bits per heavy atom. The van der Waals surface area contributed by atoms with E-state index in [1.807, 2.05) is 19.2 Å². The zero-order valence-electron chi connectivity index (χ0n) is 11.1. The van der Waals surface area contributed by atoms with Gasteiger partial charge in [-0.05, 0) is 19.2 Å². The van der Waals surface area contributed by atoms with Crippen molar-refractivity contribution in [3.63, 3.8) is 0 Å². The third-order valence-electron chi connectivity index (χ3n) is 3.95. The van der Waals surface area contributed by atoms with E-state index in [1.165, 1.54) is 6.07 Å². The van der Waals surface area contributed by atoms with Crippen LogP contribution in [0.1, 0.15) is 23.2 Å². The number of nitrogens with zero attached hydrogens (tertiary/aromatic N) is 2. The number of aromatic nitrogens is 2.